The first kappa shape index (κ1) is 15.9. The number of rotatable bonds is 9. The van der Waals surface area contributed by atoms with Gasteiger partial charge in [-0.2, -0.15) is 0 Å². The van der Waals surface area contributed by atoms with Gasteiger partial charge in [0.2, 0.25) is 0 Å². The van der Waals surface area contributed by atoms with Crippen LogP contribution in [0.3, 0.4) is 0 Å². The monoisotopic (exact) mass is 244 g/mol. The first-order valence-electron chi connectivity index (χ1n) is 6.49. The Balaban J connectivity index is 3.67. The van der Waals surface area contributed by atoms with Crippen molar-refractivity contribution in [2.75, 3.05) is 6.61 Å². The van der Waals surface area contributed by atoms with Crippen LogP contribution in [-0.4, -0.2) is 24.6 Å². The second-order valence-corrected chi connectivity index (χ2v) is 3.97. The highest BCUT2D eigenvalue weighted by atomic mass is 16.5. The van der Waals surface area contributed by atoms with Crippen molar-refractivity contribution in [2.24, 2.45) is 0 Å². The van der Waals surface area contributed by atoms with Gasteiger partial charge in [0.25, 0.3) is 0 Å². The molecule has 4 nitrogen and oxygen atoms in total. The van der Waals surface area contributed by atoms with E-state index < -0.39 is 0 Å². The molecule has 0 radical (unpaired) electrons. The molecule has 0 aromatic heterocycles. The van der Waals surface area contributed by atoms with Crippen LogP contribution in [0.15, 0.2) is 0 Å². The van der Waals surface area contributed by atoms with E-state index in [1.807, 2.05) is 6.92 Å². The zero-order chi connectivity index (χ0) is 13.1. The Hall–Kier alpha value is -1.06. The van der Waals surface area contributed by atoms with Crippen LogP contribution in [0, 0.1) is 0 Å². The second-order valence-electron chi connectivity index (χ2n) is 3.97. The minimum absolute atomic E-state index is 0.0232. The maximum absolute atomic E-state index is 11.5. The second kappa shape index (κ2) is 10.1. The summed E-state index contributed by atoms with van der Waals surface area (Å²) in [5.41, 5.74) is 0. The van der Waals surface area contributed by atoms with Gasteiger partial charge in [-0.3, -0.25) is 9.59 Å². The van der Waals surface area contributed by atoms with E-state index >= 15 is 0 Å². The standard InChI is InChI=1S/C13H24O4/c1-4-8-11(5-2)17-13(15)10-7-9-12(14)16-6-3/h11H,4-10H2,1-3H3. The fourth-order valence-corrected chi connectivity index (χ4v) is 1.52. The van der Waals surface area contributed by atoms with Crippen LogP contribution in [0.4, 0.5) is 0 Å². The molecule has 0 saturated heterocycles. The van der Waals surface area contributed by atoms with E-state index in [9.17, 15) is 9.59 Å². The van der Waals surface area contributed by atoms with Gasteiger partial charge in [-0.05, 0) is 26.2 Å². The molecule has 0 aliphatic carbocycles. The van der Waals surface area contributed by atoms with E-state index in [1.54, 1.807) is 6.92 Å². The highest BCUT2D eigenvalue weighted by Crippen LogP contribution is 2.09. The maximum Gasteiger partial charge on any atom is 0.306 e. The van der Waals surface area contributed by atoms with Crippen LogP contribution in [0.1, 0.15) is 59.3 Å². The Morgan fingerprint density at radius 3 is 2.24 bits per heavy atom. The lowest BCUT2D eigenvalue weighted by atomic mass is 10.1. The molecule has 0 spiro atoms. The average molecular weight is 244 g/mol. The van der Waals surface area contributed by atoms with E-state index in [0.717, 1.165) is 19.3 Å². The number of hydrogen-bond acceptors (Lipinski definition) is 4. The summed E-state index contributed by atoms with van der Waals surface area (Å²) in [5.74, 6) is -0.463. The molecule has 0 aliphatic heterocycles. The van der Waals surface area contributed by atoms with Crippen molar-refractivity contribution >= 4 is 11.9 Å². The minimum Gasteiger partial charge on any atom is -0.466 e. The molecule has 0 amide bonds. The molecule has 0 heterocycles. The molecule has 4 heteroatoms. The SMILES string of the molecule is CCCC(CC)OC(=O)CCCC(=O)OCC. The van der Waals surface area contributed by atoms with Crippen LogP contribution in [0.25, 0.3) is 0 Å². The van der Waals surface area contributed by atoms with E-state index in [0.29, 0.717) is 19.4 Å². The normalized spacial score (nSPS) is 11.9. The van der Waals surface area contributed by atoms with Gasteiger partial charge in [0, 0.05) is 12.8 Å². The summed E-state index contributed by atoms with van der Waals surface area (Å²) in [5, 5.41) is 0. The lowest BCUT2D eigenvalue weighted by Gasteiger charge is -2.14. The third kappa shape index (κ3) is 8.72. The molecule has 0 saturated carbocycles. The summed E-state index contributed by atoms with van der Waals surface area (Å²) < 4.78 is 10.1. The molecular weight excluding hydrogens is 220 g/mol. The molecule has 0 aromatic carbocycles. The predicted octanol–water partition coefficient (Wildman–Crippen LogP) is 2.84. The summed E-state index contributed by atoms with van der Waals surface area (Å²) in [6.45, 7) is 6.23. The molecule has 0 N–H and O–H groups in total. The Kier molecular flexibility index (Phi) is 9.49. The van der Waals surface area contributed by atoms with Gasteiger partial charge in [-0.1, -0.05) is 20.3 Å². The lowest BCUT2D eigenvalue weighted by molar-refractivity contribution is -0.150. The van der Waals surface area contributed by atoms with Crippen molar-refractivity contribution in [3.63, 3.8) is 0 Å². The van der Waals surface area contributed by atoms with Crippen molar-refractivity contribution in [1.82, 2.24) is 0 Å². The van der Waals surface area contributed by atoms with Gasteiger partial charge >= 0.3 is 11.9 Å². The highest BCUT2D eigenvalue weighted by molar-refractivity contribution is 5.72. The van der Waals surface area contributed by atoms with Gasteiger partial charge in [0.05, 0.1) is 6.61 Å². The van der Waals surface area contributed by atoms with Crippen molar-refractivity contribution in [2.45, 2.75) is 65.4 Å². The zero-order valence-corrected chi connectivity index (χ0v) is 11.2. The highest BCUT2D eigenvalue weighted by Gasteiger charge is 2.12. The number of ether oxygens (including phenoxy) is 2. The fourth-order valence-electron chi connectivity index (χ4n) is 1.52. The average Bonchev–Trinajstić information content (AvgIpc) is 2.28. The van der Waals surface area contributed by atoms with Crippen molar-refractivity contribution < 1.29 is 19.1 Å². The summed E-state index contributed by atoms with van der Waals surface area (Å²) in [4.78, 5) is 22.5. The molecule has 100 valence electrons. The van der Waals surface area contributed by atoms with Crippen molar-refractivity contribution in [3.8, 4) is 0 Å². The largest absolute Gasteiger partial charge is 0.466 e. The quantitative estimate of drug-likeness (QED) is 0.585. The smallest absolute Gasteiger partial charge is 0.306 e. The summed E-state index contributed by atoms with van der Waals surface area (Å²) in [7, 11) is 0. The number of esters is 2. The third-order valence-electron chi connectivity index (χ3n) is 2.43. The first-order chi connectivity index (χ1) is 8.13. The van der Waals surface area contributed by atoms with Crippen LogP contribution < -0.4 is 0 Å². The van der Waals surface area contributed by atoms with Crippen LogP contribution in [-0.2, 0) is 19.1 Å². The van der Waals surface area contributed by atoms with Crippen molar-refractivity contribution in [1.29, 1.82) is 0 Å². The Labute approximate surface area is 104 Å². The zero-order valence-electron chi connectivity index (χ0n) is 11.2. The molecule has 17 heavy (non-hydrogen) atoms. The van der Waals surface area contributed by atoms with Crippen LogP contribution in [0.2, 0.25) is 0 Å². The maximum atomic E-state index is 11.5. The fraction of sp³-hybridized carbons (Fsp3) is 0.846. The van der Waals surface area contributed by atoms with Gasteiger partial charge in [0.1, 0.15) is 6.10 Å². The Morgan fingerprint density at radius 1 is 1.06 bits per heavy atom. The molecule has 0 fully saturated rings. The van der Waals surface area contributed by atoms with Crippen LogP contribution in [0.5, 0.6) is 0 Å². The predicted molar refractivity (Wildman–Crippen MR) is 65.6 cm³/mol. The topological polar surface area (TPSA) is 52.6 Å². The van der Waals surface area contributed by atoms with Crippen molar-refractivity contribution in [3.05, 3.63) is 0 Å². The minimum atomic E-state index is -0.249. The Bertz CT molecular complexity index is 225. The summed E-state index contributed by atoms with van der Waals surface area (Å²) in [6, 6.07) is 0. The molecule has 1 unspecified atom stereocenters. The van der Waals surface area contributed by atoms with E-state index in [4.69, 9.17) is 9.47 Å². The molecule has 1 atom stereocenters. The summed E-state index contributed by atoms with van der Waals surface area (Å²) >= 11 is 0. The lowest BCUT2D eigenvalue weighted by Crippen LogP contribution is -2.17. The molecule has 0 bridgehead atoms. The van der Waals surface area contributed by atoms with Crippen LogP contribution >= 0.6 is 0 Å². The first-order valence-corrected chi connectivity index (χ1v) is 6.49. The number of hydrogen-bond donors (Lipinski definition) is 0. The van der Waals surface area contributed by atoms with Gasteiger partial charge in [0.15, 0.2) is 0 Å². The molecule has 0 aliphatic rings. The van der Waals surface area contributed by atoms with E-state index in [-0.39, 0.29) is 24.5 Å². The molecular formula is C13H24O4. The van der Waals surface area contributed by atoms with Gasteiger partial charge < -0.3 is 9.47 Å². The van der Waals surface area contributed by atoms with E-state index in [2.05, 4.69) is 6.92 Å². The van der Waals surface area contributed by atoms with Gasteiger partial charge in [-0.25, -0.2) is 0 Å². The van der Waals surface area contributed by atoms with Gasteiger partial charge in [-0.15, -0.1) is 0 Å². The number of carbonyl (C=O) groups is 2. The van der Waals surface area contributed by atoms with E-state index in [1.165, 1.54) is 0 Å². The number of carbonyl (C=O) groups excluding carboxylic acids is 2. The summed E-state index contributed by atoms with van der Waals surface area (Å²) in [6.07, 6.45) is 3.86. The molecule has 0 rings (SSSR count). The molecule has 0 aromatic rings. The third-order valence-corrected chi connectivity index (χ3v) is 2.43. The Morgan fingerprint density at radius 2 is 1.71 bits per heavy atom.